The lowest BCUT2D eigenvalue weighted by atomic mass is 10.1. The molecule has 1 aliphatic rings. The van der Waals surface area contributed by atoms with Crippen LogP contribution >= 0.6 is 0 Å². The third kappa shape index (κ3) is 6.85. The van der Waals surface area contributed by atoms with Gasteiger partial charge in [0.1, 0.15) is 11.4 Å². The molecule has 3 heterocycles. The summed E-state index contributed by atoms with van der Waals surface area (Å²) in [6.07, 6.45) is 1.02. The Morgan fingerprint density at radius 1 is 1.02 bits per heavy atom. The zero-order valence-electron chi connectivity index (χ0n) is 26.0. The molecule has 13 nitrogen and oxygen atoms in total. The molecule has 1 amide bonds. The molecule has 0 saturated carbocycles. The van der Waals surface area contributed by atoms with Crippen LogP contribution in [0.15, 0.2) is 60.8 Å². The van der Waals surface area contributed by atoms with Crippen molar-refractivity contribution in [3.63, 3.8) is 0 Å². The molecule has 13 heteroatoms. The van der Waals surface area contributed by atoms with E-state index in [0.717, 1.165) is 0 Å². The second kappa shape index (κ2) is 12.6. The van der Waals surface area contributed by atoms with Crippen molar-refractivity contribution in [2.45, 2.75) is 26.4 Å². The molecule has 3 N–H and O–H groups in total. The van der Waals surface area contributed by atoms with Crippen molar-refractivity contribution in [2.75, 3.05) is 50.6 Å². The van der Waals surface area contributed by atoms with E-state index in [1.807, 2.05) is 30.3 Å². The molecule has 0 spiro atoms. The monoisotopic (exact) mass is 625 g/mol. The van der Waals surface area contributed by atoms with E-state index in [0.29, 0.717) is 76.7 Å². The third-order valence-corrected chi connectivity index (χ3v) is 7.27. The van der Waals surface area contributed by atoms with Crippen LogP contribution in [0.2, 0.25) is 0 Å². The maximum Gasteiger partial charge on any atom is 0.435 e. The van der Waals surface area contributed by atoms with E-state index in [-0.39, 0.29) is 24.0 Å². The standard InChI is InChI=1S/C33H35N7O6/c1-33(2,3)46-32(43)40-26-9-8-23(15-21(26)18-34-40)36-31-24-16-27(41)28(44-4)17-25(24)37-30(38-31)20-6-5-7-22(14-20)35-29(42)19-39-10-12-45-13-11-39/h5-9,14-18,41H,10-13,19H2,1-4H3,(H,35,42)(H,36,37,38). The number of benzene rings is 3. The first-order valence-electron chi connectivity index (χ1n) is 14.8. The molecule has 1 saturated heterocycles. The van der Waals surface area contributed by atoms with Crippen LogP contribution in [0, 0.1) is 0 Å². The molecule has 1 fully saturated rings. The smallest absolute Gasteiger partial charge is 0.435 e. The van der Waals surface area contributed by atoms with Crippen LogP contribution in [0.1, 0.15) is 20.8 Å². The zero-order valence-corrected chi connectivity index (χ0v) is 26.0. The molecule has 3 aromatic carbocycles. The Morgan fingerprint density at radius 3 is 2.59 bits per heavy atom. The van der Waals surface area contributed by atoms with E-state index >= 15 is 0 Å². The normalized spacial score (nSPS) is 13.9. The third-order valence-electron chi connectivity index (χ3n) is 7.27. The molecule has 0 bridgehead atoms. The number of rotatable bonds is 7. The van der Waals surface area contributed by atoms with Crippen LogP contribution in [0.5, 0.6) is 11.5 Å². The number of morpholine rings is 1. The molecule has 6 rings (SSSR count). The number of anilines is 3. The van der Waals surface area contributed by atoms with Crippen LogP contribution in [-0.4, -0.2) is 87.3 Å². The van der Waals surface area contributed by atoms with E-state index in [2.05, 4.69) is 20.6 Å². The lowest BCUT2D eigenvalue weighted by Gasteiger charge is -2.25. The van der Waals surface area contributed by atoms with Gasteiger partial charge in [0.25, 0.3) is 0 Å². The number of nitrogens with zero attached hydrogens (tertiary/aromatic N) is 5. The summed E-state index contributed by atoms with van der Waals surface area (Å²) in [7, 11) is 1.47. The lowest BCUT2D eigenvalue weighted by Crippen LogP contribution is -2.41. The Morgan fingerprint density at radius 2 is 1.83 bits per heavy atom. The molecule has 5 aromatic rings. The van der Waals surface area contributed by atoms with Crippen molar-refractivity contribution in [3.05, 3.63) is 60.8 Å². The average Bonchev–Trinajstić information content (AvgIpc) is 3.44. The van der Waals surface area contributed by atoms with E-state index < -0.39 is 11.7 Å². The fourth-order valence-electron chi connectivity index (χ4n) is 5.13. The number of aromatic hydroxyl groups is 1. The number of aromatic nitrogens is 4. The van der Waals surface area contributed by atoms with Gasteiger partial charge in [-0.1, -0.05) is 12.1 Å². The van der Waals surface area contributed by atoms with Gasteiger partial charge in [-0.15, -0.1) is 0 Å². The van der Waals surface area contributed by atoms with Crippen molar-refractivity contribution in [1.82, 2.24) is 24.6 Å². The minimum atomic E-state index is -0.662. The highest BCUT2D eigenvalue weighted by Crippen LogP contribution is 2.36. The number of carbonyl (C=O) groups excluding carboxylic acids is 2. The molecule has 0 radical (unpaired) electrons. The van der Waals surface area contributed by atoms with Crippen molar-refractivity contribution in [1.29, 1.82) is 0 Å². The maximum atomic E-state index is 12.8. The van der Waals surface area contributed by atoms with Gasteiger partial charge in [-0.3, -0.25) is 9.69 Å². The Bertz CT molecular complexity index is 1930. The average molecular weight is 626 g/mol. The highest BCUT2D eigenvalue weighted by molar-refractivity contribution is 5.97. The number of amides is 1. The van der Waals surface area contributed by atoms with Crippen LogP contribution in [0.25, 0.3) is 33.2 Å². The Balaban J connectivity index is 1.32. The Hall–Kier alpha value is -5.27. The molecule has 238 valence electrons. The molecule has 0 atom stereocenters. The quantitative estimate of drug-likeness (QED) is 0.220. The molecule has 46 heavy (non-hydrogen) atoms. The number of hydrogen-bond donors (Lipinski definition) is 3. The number of fused-ring (bicyclic) bond motifs is 2. The summed E-state index contributed by atoms with van der Waals surface area (Å²) in [5.74, 6) is 0.910. The summed E-state index contributed by atoms with van der Waals surface area (Å²) in [5.41, 5.74) is 2.41. The maximum absolute atomic E-state index is 12.8. The van der Waals surface area contributed by atoms with E-state index in [4.69, 9.17) is 24.2 Å². The number of hydrogen-bond acceptors (Lipinski definition) is 11. The van der Waals surface area contributed by atoms with Gasteiger partial charge < -0.3 is 30.0 Å². The Labute approximate surface area is 265 Å². The topological polar surface area (TPSA) is 153 Å². The van der Waals surface area contributed by atoms with Crippen molar-refractivity contribution in [3.8, 4) is 22.9 Å². The number of methoxy groups -OCH3 is 1. The summed E-state index contributed by atoms with van der Waals surface area (Å²) in [6, 6.07) is 15.9. The largest absolute Gasteiger partial charge is 0.504 e. The molecule has 0 aliphatic carbocycles. The molecule has 0 unspecified atom stereocenters. The van der Waals surface area contributed by atoms with E-state index in [9.17, 15) is 14.7 Å². The number of phenolic OH excluding ortho intramolecular Hbond substituents is 1. The number of ether oxygens (including phenoxy) is 3. The van der Waals surface area contributed by atoms with Gasteiger partial charge in [-0.2, -0.15) is 9.78 Å². The van der Waals surface area contributed by atoms with Crippen molar-refractivity contribution in [2.24, 2.45) is 0 Å². The van der Waals surface area contributed by atoms with Crippen LogP contribution < -0.4 is 15.4 Å². The SMILES string of the molecule is COc1cc2nc(-c3cccc(NC(=O)CN4CCOCC4)c3)nc(Nc3ccc4c(cnn4C(=O)OC(C)(C)C)c3)c2cc1O. The van der Waals surface area contributed by atoms with Crippen LogP contribution in [-0.2, 0) is 14.3 Å². The highest BCUT2D eigenvalue weighted by atomic mass is 16.6. The van der Waals surface area contributed by atoms with Gasteiger partial charge >= 0.3 is 6.09 Å². The van der Waals surface area contributed by atoms with E-state index in [1.165, 1.54) is 11.8 Å². The lowest BCUT2D eigenvalue weighted by molar-refractivity contribution is -0.118. The summed E-state index contributed by atoms with van der Waals surface area (Å²) in [6.45, 7) is 8.33. The molecule has 1 aliphatic heterocycles. The van der Waals surface area contributed by atoms with Gasteiger partial charge in [0.2, 0.25) is 5.91 Å². The predicted octanol–water partition coefficient (Wildman–Crippen LogP) is 5.16. The first-order valence-corrected chi connectivity index (χ1v) is 14.8. The Kier molecular flexibility index (Phi) is 8.43. The van der Waals surface area contributed by atoms with Gasteiger partial charge in [0.05, 0.1) is 44.1 Å². The number of nitrogens with one attached hydrogen (secondary N) is 2. The predicted molar refractivity (Wildman–Crippen MR) is 174 cm³/mol. The minimum Gasteiger partial charge on any atom is -0.504 e. The van der Waals surface area contributed by atoms with Crippen molar-refractivity contribution >= 4 is 51.0 Å². The van der Waals surface area contributed by atoms with Crippen molar-refractivity contribution < 1.29 is 28.9 Å². The van der Waals surface area contributed by atoms with Crippen LogP contribution in [0.4, 0.5) is 22.0 Å². The fourth-order valence-corrected chi connectivity index (χ4v) is 5.13. The van der Waals surface area contributed by atoms with Gasteiger partial charge in [0.15, 0.2) is 17.3 Å². The summed E-state index contributed by atoms with van der Waals surface area (Å²) >= 11 is 0. The zero-order chi connectivity index (χ0) is 32.4. The van der Waals surface area contributed by atoms with Gasteiger partial charge in [-0.25, -0.2) is 14.8 Å². The summed E-state index contributed by atoms with van der Waals surface area (Å²) in [4.78, 5) is 37.1. The summed E-state index contributed by atoms with van der Waals surface area (Å²) in [5, 5.41) is 22.4. The molecular formula is C33H35N7O6. The van der Waals surface area contributed by atoms with Crippen LogP contribution in [0.3, 0.4) is 0 Å². The summed E-state index contributed by atoms with van der Waals surface area (Å²) < 4.78 is 17.4. The molecular weight excluding hydrogens is 590 g/mol. The minimum absolute atomic E-state index is 0.0616. The van der Waals surface area contributed by atoms with Gasteiger partial charge in [-0.05, 0) is 57.2 Å². The second-order valence-electron chi connectivity index (χ2n) is 11.9. The van der Waals surface area contributed by atoms with Gasteiger partial charge in [0, 0.05) is 46.9 Å². The highest BCUT2D eigenvalue weighted by Gasteiger charge is 2.21. The molecule has 2 aromatic heterocycles. The van der Waals surface area contributed by atoms with E-state index in [1.54, 1.807) is 51.2 Å². The fraction of sp³-hybridized carbons (Fsp3) is 0.303. The number of phenols is 1. The number of carbonyl (C=O) groups is 2. The first kappa shape index (κ1) is 30.7. The first-order chi connectivity index (χ1) is 22.1. The second-order valence-corrected chi connectivity index (χ2v) is 11.9.